The number of piperidine rings is 1. The number of hydrogen-bond donors (Lipinski definition) is 1. The number of benzene rings is 1. The van der Waals surface area contributed by atoms with Crippen molar-refractivity contribution in [3.05, 3.63) is 35.6 Å². The zero-order valence-electron chi connectivity index (χ0n) is 15.6. The van der Waals surface area contributed by atoms with Crippen LogP contribution in [-0.2, 0) is 16.1 Å². The first-order valence-corrected chi connectivity index (χ1v) is 9.79. The van der Waals surface area contributed by atoms with E-state index in [0.29, 0.717) is 13.1 Å². The lowest BCUT2D eigenvalue weighted by Crippen LogP contribution is -2.53. The summed E-state index contributed by atoms with van der Waals surface area (Å²) in [5.74, 6) is 0.0165. The lowest BCUT2D eigenvalue weighted by Gasteiger charge is -2.41. The Balaban J connectivity index is 1.58. The average molecular weight is 360 g/mol. The number of hydrogen-bond acceptors (Lipinski definition) is 2. The Kier molecular flexibility index (Phi) is 5.94. The highest BCUT2D eigenvalue weighted by atomic mass is 19.1. The van der Waals surface area contributed by atoms with Gasteiger partial charge in [0.25, 0.3) is 0 Å². The molecule has 1 aromatic rings. The van der Waals surface area contributed by atoms with Gasteiger partial charge in [-0.3, -0.25) is 9.59 Å². The number of amides is 2. The van der Waals surface area contributed by atoms with Gasteiger partial charge in [-0.1, -0.05) is 31.4 Å². The number of rotatable bonds is 4. The fourth-order valence-corrected chi connectivity index (χ4v) is 4.26. The summed E-state index contributed by atoms with van der Waals surface area (Å²) in [4.78, 5) is 27.5. The lowest BCUT2D eigenvalue weighted by atomic mass is 9.79. The monoisotopic (exact) mass is 360 g/mol. The van der Waals surface area contributed by atoms with Crippen molar-refractivity contribution >= 4 is 11.8 Å². The molecule has 1 saturated heterocycles. The van der Waals surface area contributed by atoms with Crippen molar-refractivity contribution in [1.82, 2.24) is 10.2 Å². The molecule has 1 N–H and O–H groups in total. The Labute approximate surface area is 155 Å². The third kappa shape index (κ3) is 4.43. The van der Waals surface area contributed by atoms with Crippen LogP contribution >= 0.6 is 0 Å². The molecular formula is C21H29FN2O2. The molecule has 142 valence electrons. The SMILES string of the molecule is CC1(C(=O)NCc2cccc(F)c2)CCCN(C(=O)C2CCCCC2)C1. The molecule has 1 heterocycles. The van der Waals surface area contributed by atoms with Gasteiger partial charge in [0.05, 0.1) is 5.41 Å². The summed E-state index contributed by atoms with van der Waals surface area (Å²) < 4.78 is 13.3. The van der Waals surface area contributed by atoms with Crippen molar-refractivity contribution in [1.29, 1.82) is 0 Å². The van der Waals surface area contributed by atoms with Crippen LogP contribution in [0.4, 0.5) is 4.39 Å². The van der Waals surface area contributed by atoms with Crippen LogP contribution in [0.5, 0.6) is 0 Å². The molecule has 0 radical (unpaired) electrons. The van der Waals surface area contributed by atoms with Gasteiger partial charge in [0.1, 0.15) is 5.82 Å². The predicted octanol–water partition coefficient (Wildman–Crippen LogP) is 3.65. The Morgan fingerprint density at radius 1 is 1.23 bits per heavy atom. The first kappa shape index (κ1) is 18.9. The summed E-state index contributed by atoms with van der Waals surface area (Å²) in [5.41, 5.74) is 0.170. The zero-order chi connectivity index (χ0) is 18.6. The van der Waals surface area contributed by atoms with E-state index in [2.05, 4.69) is 5.32 Å². The summed E-state index contributed by atoms with van der Waals surface area (Å²) in [7, 11) is 0. The Bertz CT molecular complexity index is 657. The van der Waals surface area contributed by atoms with Crippen molar-refractivity contribution in [3.63, 3.8) is 0 Å². The quantitative estimate of drug-likeness (QED) is 0.891. The van der Waals surface area contributed by atoms with Crippen molar-refractivity contribution in [2.45, 2.75) is 58.4 Å². The van der Waals surface area contributed by atoms with Gasteiger partial charge in [0.15, 0.2) is 0 Å². The van der Waals surface area contributed by atoms with Gasteiger partial charge in [-0.25, -0.2) is 4.39 Å². The van der Waals surface area contributed by atoms with Gasteiger partial charge in [0, 0.05) is 25.6 Å². The highest BCUT2D eigenvalue weighted by Gasteiger charge is 2.40. The minimum absolute atomic E-state index is 0.0529. The molecule has 26 heavy (non-hydrogen) atoms. The number of nitrogens with one attached hydrogen (secondary N) is 1. The number of likely N-dealkylation sites (tertiary alicyclic amines) is 1. The number of carbonyl (C=O) groups excluding carboxylic acids is 2. The first-order chi connectivity index (χ1) is 12.5. The van der Waals surface area contributed by atoms with Gasteiger partial charge in [0.2, 0.25) is 11.8 Å². The summed E-state index contributed by atoms with van der Waals surface area (Å²) in [5, 5.41) is 2.93. The predicted molar refractivity (Wildman–Crippen MR) is 98.7 cm³/mol. The first-order valence-electron chi connectivity index (χ1n) is 9.79. The van der Waals surface area contributed by atoms with E-state index < -0.39 is 5.41 Å². The van der Waals surface area contributed by atoms with Crippen LogP contribution in [0.3, 0.4) is 0 Å². The lowest BCUT2D eigenvalue weighted by molar-refractivity contribution is -0.144. The van der Waals surface area contributed by atoms with E-state index in [0.717, 1.165) is 50.6 Å². The summed E-state index contributed by atoms with van der Waals surface area (Å²) in [6.45, 7) is 3.48. The van der Waals surface area contributed by atoms with Crippen LogP contribution in [0.1, 0.15) is 57.4 Å². The highest BCUT2D eigenvalue weighted by molar-refractivity contribution is 5.84. The summed E-state index contributed by atoms with van der Waals surface area (Å²) in [6, 6.07) is 6.26. The molecule has 4 nitrogen and oxygen atoms in total. The molecule has 5 heteroatoms. The molecule has 2 fully saturated rings. The van der Waals surface area contributed by atoms with Gasteiger partial charge >= 0.3 is 0 Å². The molecule has 0 bridgehead atoms. The van der Waals surface area contributed by atoms with Crippen molar-refractivity contribution in [2.24, 2.45) is 11.3 Å². The van der Waals surface area contributed by atoms with E-state index in [-0.39, 0.29) is 23.5 Å². The zero-order valence-corrected chi connectivity index (χ0v) is 15.6. The van der Waals surface area contributed by atoms with Crippen LogP contribution in [0, 0.1) is 17.2 Å². The molecule has 1 aliphatic carbocycles. The van der Waals surface area contributed by atoms with Crippen molar-refractivity contribution in [2.75, 3.05) is 13.1 Å². The van der Waals surface area contributed by atoms with Crippen LogP contribution in [0.2, 0.25) is 0 Å². The van der Waals surface area contributed by atoms with Crippen molar-refractivity contribution < 1.29 is 14.0 Å². The Morgan fingerprint density at radius 2 is 2.00 bits per heavy atom. The molecule has 1 unspecified atom stereocenters. The fourth-order valence-electron chi connectivity index (χ4n) is 4.26. The third-order valence-electron chi connectivity index (χ3n) is 5.85. The number of carbonyl (C=O) groups is 2. The maximum Gasteiger partial charge on any atom is 0.227 e. The topological polar surface area (TPSA) is 49.4 Å². The van der Waals surface area contributed by atoms with Crippen LogP contribution in [0.15, 0.2) is 24.3 Å². The van der Waals surface area contributed by atoms with Crippen LogP contribution in [0.25, 0.3) is 0 Å². The molecule has 2 amide bonds. The molecule has 3 rings (SSSR count). The Morgan fingerprint density at radius 3 is 2.73 bits per heavy atom. The van der Waals surface area contributed by atoms with E-state index in [4.69, 9.17) is 0 Å². The molecule has 1 aliphatic heterocycles. The number of nitrogens with zero attached hydrogens (tertiary/aromatic N) is 1. The number of halogens is 1. The summed E-state index contributed by atoms with van der Waals surface area (Å²) >= 11 is 0. The maximum absolute atomic E-state index is 13.3. The van der Waals surface area contributed by atoms with Crippen molar-refractivity contribution in [3.8, 4) is 0 Å². The smallest absolute Gasteiger partial charge is 0.227 e. The minimum atomic E-state index is -0.574. The fraction of sp³-hybridized carbons (Fsp3) is 0.619. The molecule has 0 aromatic heterocycles. The molecule has 2 aliphatic rings. The third-order valence-corrected chi connectivity index (χ3v) is 5.85. The second-order valence-corrected chi connectivity index (χ2v) is 8.07. The molecular weight excluding hydrogens is 331 g/mol. The van der Waals surface area contributed by atoms with Gasteiger partial charge in [-0.15, -0.1) is 0 Å². The molecule has 1 saturated carbocycles. The van der Waals surface area contributed by atoms with E-state index in [1.54, 1.807) is 12.1 Å². The standard InChI is InChI=1S/C21H29FN2O2/c1-21(20(26)23-14-16-7-5-10-18(22)13-16)11-6-12-24(15-21)19(25)17-8-3-2-4-9-17/h5,7,10,13,17H,2-4,6,8-9,11-12,14-15H2,1H3,(H,23,26). The molecule has 0 spiro atoms. The minimum Gasteiger partial charge on any atom is -0.351 e. The molecule has 1 atom stereocenters. The average Bonchev–Trinajstić information content (AvgIpc) is 2.66. The maximum atomic E-state index is 13.3. The van der Waals surface area contributed by atoms with Gasteiger partial charge in [-0.05, 0) is 50.3 Å². The van der Waals surface area contributed by atoms with Crippen LogP contribution < -0.4 is 5.32 Å². The van der Waals surface area contributed by atoms with Gasteiger partial charge < -0.3 is 10.2 Å². The highest BCUT2D eigenvalue weighted by Crippen LogP contribution is 2.33. The largest absolute Gasteiger partial charge is 0.351 e. The summed E-state index contributed by atoms with van der Waals surface area (Å²) in [6.07, 6.45) is 7.09. The Hall–Kier alpha value is -1.91. The van der Waals surface area contributed by atoms with E-state index >= 15 is 0 Å². The van der Waals surface area contributed by atoms with Crippen LogP contribution in [-0.4, -0.2) is 29.8 Å². The molecule has 1 aromatic carbocycles. The van der Waals surface area contributed by atoms with E-state index in [1.165, 1.54) is 18.6 Å². The second-order valence-electron chi connectivity index (χ2n) is 8.07. The van der Waals surface area contributed by atoms with E-state index in [1.807, 2.05) is 11.8 Å². The van der Waals surface area contributed by atoms with E-state index in [9.17, 15) is 14.0 Å². The second kappa shape index (κ2) is 8.19. The van der Waals surface area contributed by atoms with Gasteiger partial charge in [-0.2, -0.15) is 0 Å². The normalized spacial score (nSPS) is 24.3.